The molecule has 0 amide bonds. The van der Waals surface area contributed by atoms with Crippen molar-refractivity contribution in [3.05, 3.63) is 39.7 Å². The Balaban J connectivity index is 2.56. The van der Waals surface area contributed by atoms with Gasteiger partial charge in [-0.1, -0.05) is 11.2 Å². The maximum Gasteiger partial charge on any atom is 0.282 e. The molecule has 0 aliphatic carbocycles. The van der Waals surface area contributed by atoms with Gasteiger partial charge in [0.25, 0.3) is 11.6 Å². The number of alkyl halides is 1. The summed E-state index contributed by atoms with van der Waals surface area (Å²) in [6.45, 7) is 1.83. The maximum atomic E-state index is 10.9. The third-order valence-electron chi connectivity index (χ3n) is 2.17. The van der Waals surface area contributed by atoms with Crippen LogP contribution >= 0.6 is 11.6 Å². The van der Waals surface area contributed by atoms with E-state index < -0.39 is 4.92 Å². The Kier molecular flexibility index (Phi) is 3.06. The minimum atomic E-state index is -0.487. The molecule has 6 nitrogen and oxygen atoms in total. The molecule has 0 spiro atoms. The van der Waals surface area contributed by atoms with Crippen LogP contribution in [0.3, 0.4) is 0 Å². The van der Waals surface area contributed by atoms with Gasteiger partial charge < -0.3 is 4.52 Å². The summed E-state index contributed by atoms with van der Waals surface area (Å²) in [5.41, 5.74) is 1.11. The van der Waals surface area contributed by atoms with Gasteiger partial charge in [-0.15, -0.1) is 11.6 Å². The van der Waals surface area contributed by atoms with E-state index in [0.29, 0.717) is 11.4 Å². The molecular formula is C10H8ClN3O3. The first-order chi connectivity index (χ1) is 8.11. The predicted molar refractivity (Wildman–Crippen MR) is 60.7 cm³/mol. The summed E-state index contributed by atoms with van der Waals surface area (Å²) in [7, 11) is 0. The van der Waals surface area contributed by atoms with Crippen molar-refractivity contribution in [3.63, 3.8) is 0 Å². The zero-order chi connectivity index (χ0) is 12.4. The molecule has 0 radical (unpaired) electrons. The number of hydrogen-bond donors (Lipinski definition) is 0. The van der Waals surface area contributed by atoms with Crippen LogP contribution in [0.1, 0.15) is 11.4 Å². The van der Waals surface area contributed by atoms with Crippen molar-refractivity contribution in [2.24, 2.45) is 0 Å². The Labute approximate surface area is 101 Å². The van der Waals surface area contributed by atoms with Gasteiger partial charge in [0, 0.05) is 6.07 Å². The molecule has 2 rings (SSSR count). The second kappa shape index (κ2) is 4.50. The Morgan fingerprint density at radius 2 is 2.29 bits per heavy atom. The van der Waals surface area contributed by atoms with Crippen LogP contribution in [0.5, 0.6) is 0 Å². The minimum Gasteiger partial charge on any atom is -0.334 e. The van der Waals surface area contributed by atoms with Crippen LogP contribution in [-0.4, -0.2) is 15.1 Å². The molecule has 1 aromatic carbocycles. The molecule has 0 atom stereocenters. The molecule has 88 valence electrons. The van der Waals surface area contributed by atoms with Gasteiger partial charge in [0.15, 0.2) is 5.82 Å². The summed E-state index contributed by atoms with van der Waals surface area (Å²) in [6, 6.07) is 4.69. The number of aryl methyl sites for hydroxylation is 1. The van der Waals surface area contributed by atoms with Crippen molar-refractivity contribution in [1.82, 2.24) is 10.1 Å². The number of nitro benzene ring substituents is 1. The number of hydrogen-bond acceptors (Lipinski definition) is 5. The number of nitrogens with zero attached hydrogens (tertiary/aromatic N) is 3. The van der Waals surface area contributed by atoms with E-state index in [9.17, 15) is 10.1 Å². The minimum absolute atomic E-state index is 0.0691. The number of benzene rings is 1. The second-order valence-corrected chi connectivity index (χ2v) is 3.69. The average molecular weight is 254 g/mol. The van der Waals surface area contributed by atoms with Gasteiger partial charge in [0.05, 0.1) is 10.8 Å². The van der Waals surface area contributed by atoms with Crippen molar-refractivity contribution >= 4 is 17.3 Å². The van der Waals surface area contributed by atoms with Crippen molar-refractivity contribution in [2.75, 3.05) is 0 Å². The molecule has 0 fully saturated rings. The van der Waals surface area contributed by atoms with Crippen LogP contribution in [0.2, 0.25) is 0 Å². The van der Waals surface area contributed by atoms with Crippen molar-refractivity contribution in [3.8, 4) is 11.5 Å². The molecule has 0 saturated heterocycles. The standard InChI is InChI=1S/C10H8ClN3O3/c1-6-2-3-8(14(15)16)7(4-6)10-12-9(5-11)13-17-10/h2-4H,5H2,1H3. The molecule has 0 saturated carbocycles. The quantitative estimate of drug-likeness (QED) is 0.477. The topological polar surface area (TPSA) is 82.1 Å². The lowest BCUT2D eigenvalue weighted by Crippen LogP contribution is -1.93. The fraction of sp³-hybridized carbons (Fsp3) is 0.200. The number of aromatic nitrogens is 2. The monoisotopic (exact) mass is 253 g/mol. The summed E-state index contributed by atoms with van der Waals surface area (Å²) < 4.78 is 4.94. The van der Waals surface area contributed by atoms with E-state index in [-0.39, 0.29) is 17.5 Å². The van der Waals surface area contributed by atoms with Crippen LogP contribution in [0, 0.1) is 17.0 Å². The predicted octanol–water partition coefficient (Wildman–Crippen LogP) is 2.69. The molecule has 1 aromatic heterocycles. The van der Waals surface area contributed by atoms with E-state index in [0.717, 1.165) is 5.56 Å². The molecular weight excluding hydrogens is 246 g/mol. The fourth-order valence-corrected chi connectivity index (χ4v) is 1.51. The number of halogens is 1. The summed E-state index contributed by atoms with van der Waals surface area (Å²) in [5, 5.41) is 14.5. The SMILES string of the molecule is Cc1ccc([N+](=O)[O-])c(-c2nc(CCl)no2)c1. The van der Waals surface area contributed by atoms with E-state index in [2.05, 4.69) is 10.1 Å². The molecule has 2 aromatic rings. The van der Waals surface area contributed by atoms with Crippen LogP contribution in [0.4, 0.5) is 5.69 Å². The summed E-state index contributed by atoms with van der Waals surface area (Å²) in [6.07, 6.45) is 0. The smallest absolute Gasteiger partial charge is 0.282 e. The fourth-order valence-electron chi connectivity index (χ4n) is 1.40. The van der Waals surface area contributed by atoms with Crippen molar-refractivity contribution in [2.45, 2.75) is 12.8 Å². The Bertz CT molecular complexity index is 568. The number of rotatable bonds is 3. The Morgan fingerprint density at radius 1 is 1.53 bits per heavy atom. The first-order valence-electron chi connectivity index (χ1n) is 4.76. The van der Waals surface area contributed by atoms with Crippen LogP contribution < -0.4 is 0 Å². The van der Waals surface area contributed by atoms with E-state index in [1.165, 1.54) is 6.07 Å². The van der Waals surface area contributed by atoms with Crippen molar-refractivity contribution < 1.29 is 9.45 Å². The zero-order valence-corrected chi connectivity index (χ0v) is 9.64. The van der Waals surface area contributed by atoms with Crippen LogP contribution in [0.15, 0.2) is 22.7 Å². The Hall–Kier alpha value is -1.95. The van der Waals surface area contributed by atoms with Gasteiger partial charge in [-0.05, 0) is 18.6 Å². The van der Waals surface area contributed by atoms with E-state index in [4.69, 9.17) is 16.1 Å². The summed E-state index contributed by atoms with van der Waals surface area (Å²) in [4.78, 5) is 14.4. The largest absolute Gasteiger partial charge is 0.334 e. The molecule has 0 aliphatic rings. The third kappa shape index (κ3) is 2.26. The highest BCUT2D eigenvalue weighted by Crippen LogP contribution is 2.29. The van der Waals surface area contributed by atoms with Gasteiger partial charge >= 0.3 is 0 Å². The highest BCUT2D eigenvalue weighted by molar-refractivity contribution is 6.16. The first-order valence-corrected chi connectivity index (χ1v) is 5.29. The lowest BCUT2D eigenvalue weighted by molar-refractivity contribution is -0.384. The lowest BCUT2D eigenvalue weighted by Gasteiger charge is -1.99. The third-order valence-corrected chi connectivity index (χ3v) is 2.41. The molecule has 17 heavy (non-hydrogen) atoms. The Morgan fingerprint density at radius 3 is 2.88 bits per heavy atom. The number of nitro groups is 1. The van der Waals surface area contributed by atoms with Crippen molar-refractivity contribution in [1.29, 1.82) is 0 Å². The van der Waals surface area contributed by atoms with Crippen LogP contribution in [-0.2, 0) is 5.88 Å². The lowest BCUT2D eigenvalue weighted by atomic mass is 10.1. The van der Waals surface area contributed by atoms with E-state index in [1.54, 1.807) is 12.1 Å². The maximum absolute atomic E-state index is 10.9. The van der Waals surface area contributed by atoms with Gasteiger partial charge in [-0.2, -0.15) is 4.98 Å². The van der Waals surface area contributed by atoms with E-state index in [1.807, 2.05) is 6.92 Å². The average Bonchev–Trinajstić information content (AvgIpc) is 2.76. The summed E-state index contributed by atoms with van der Waals surface area (Å²) in [5.74, 6) is 0.511. The molecule has 0 bridgehead atoms. The normalized spacial score (nSPS) is 10.5. The molecule has 0 unspecified atom stereocenters. The first kappa shape index (κ1) is 11.5. The highest BCUT2D eigenvalue weighted by atomic mass is 35.5. The van der Waals surface area contributed by atoms with Crippen LogP contribution in [0.25, 0.3) is 11.5 Å². The summed E-state index contributed by atoms with van der Waals surface area (Å²) >= 11 is 5.54. The van der Waals surface area contributed by atoms with Gasteiger partial charge in [0.2, 0.25) is 0 Å². The molecule has 0 aliphatic heterocycles. The van der Waals surface area contributed by atoms with Gasteiger partial charge in [-0.3, -0.25) is 10.1 Å². The molecule has 1 heterocycles. The zero-order valence-electron chi connectivity index (χ0n) is 8.88. The van der Waals surface area contributed by atoms with Gasteiger partial charge in [-0.25, -0.2) is 0 Å². The second-order valence-electron chi connectivity index (χ2n) is 3.43. The molecule has 7 heteroatoms. The highest BCUT2D eigenvalue weighted by Gasteiger charge is 2.20. The van der Waals surface area contributed by atoms with Gasteiger partial charge in [0.1, 0.15) is 5.56 Å². The molecule has 0 N–H and O–H groups in total. The van der Waals surface area contributed by atoms with E-state index >= 15 is 0 Å².